The van der Waals surface area contributed by atoms with Crippen molar-refractivity contribution in [1.82, 2.24) is 0 Å². The molecule has 156 valence electrons. The highest BCUT2D eigenvalue weighted by molar-refractivity contribution is 7.92. The summed E-state index contributed by atoms with van der Waals surface area (Å²) in [5, 5.41) is 2.81. The molecule has 2 N–H and O–H groups in total. The lowest BCUT2D eigenvalue weighted by molar-refractivity contribution is -0.115. The van der Waals surface area contributed by atoms with Crippen LogP contribution < -0.4 is 10.0 Å². The van der Waals surface area contributed by atoms with E-state index in [0.717, 1.165) is 22.3 Å². The first kappa shape index (κ1) is 21.6. The van der Waals surface area contributed by atoms with E-state index >= 15 is 0 Å². The van der Waals surface area contributed by atoms with Gasteiger partial charge in [-0.2, -0.15) is 0 Å². The van der Waals surface area contributed by atoms with Crippen LogP contribution >= 0.6 is 0 Å². The number of rotatable bonds is 6. The molecule has 0 saturated heterocycles. The maximum absolute atomic E-state index is 12.7. The van der Waals surface area contributed by atoms with Crippen molar-refractivity contribution < 1.29 is 13.2 Å². The van der Waals surface area contributed by atoms with Gasteiger partial charge in [0.1, 0.15) is 0 Å². The number of anilines is 2. The molecule has 3 aromatic rings. The van der Waals surface area contributed by atoms with Gasteiger partial charge >= 0.3 is 0 Å². The van der Waals surface area contributed by atoms with Gasteiger partial charge in [-0.15, -0.1) is 0 Å². The van der Waals surface area contributed by atoms with Gasteiger partial charge in [0, 0.05) is 5.69 Å². The number of amides is 1. The fraction of sp³-hybridized carbons (Fsp3) is 0.208. The lowest BCUT2D eigenvalue weighted by atomic mass is 10.0. The first-order chi connectivity index (χ1) is 14.1. The molecule has 0 heterocycles. The number of carbonyl (C=O) groups excluding carboxylic acids is 1. The second kappa shape index (κ2) is 8.71. The summed E-state index contributed by atoms with van der Waals surface area (Å²) in [7, 11) is -3.71. The van der Waals surface area contributed by atoms with Crippen LogP contribution in [0.1, 0.15) is 27.8 Å². The van der Waals surface area contributed by atoms with Crippen LogP contribution in [0.5, 0.6) is 0 Å². The van der Waals surface area contributed by atoms with Gasteiger partial charge in [0.25, 0.3) is 10.0 Å². The Kier molecular flexibility index (Phi) is 6.27. The summed E-state index contributed by atoms with van der Waals surface area (Å²) in [6, 6.07) is 17.6. The predicted octanol–water partition coefficient (Wildman–Crippen LogP) is 4.90. The van der Waals surface area contributed by atoms with Crippen molar-refractivity contribution >= 4 is 27.3 Å². The molecule has 0 aliphatic heterocycles. The van der Waals surface area contributed by atoms with Gasteiger partial charge in [0.15, 0.2) is 0 Å². The second-order valence-electron chi connectivity index (χ2n) is 7.59. The fourth-order valence-electron chi connectivity index (χ4n) is 3.15. The number of hydrogen-bond donors (Lipinski definition) is 2. The van der Waals surface area contributed by atoms with Crippen LogP contribution in [0.4, 0.5) is 11.4 Å². The highest BCUT2D eigenvalue weighted by atomic mass is 32.2. The van der Waals surface area contributed by atoms with E-state index in [1.807, 2.05) is 58.0 Å². The summed E-state index contributed by atoms with van der Waals surface area (Å²) in [6.45, 7) is 7.86. The van der Waals surface area contributed by atoms with Crippen molar-refractivity contribution in [2.24, 2.45) is 0 Å². The van der Waals surface area contributed by atoms with Crippen LogP contribution in [0.15, 0.2) is 65.6 Å². The molecular weight excluding hydrogens is 396 g/mol. The zero-order valence-electron chi connectivity index (χ0n) is 17.6. The molecule has 0 aromatic heterocycles. The van der Waals surface area contributed by atoms with E-state index in [-0.39, 0.29) is 17.2 Å². The van der Waals surface area contributed by atoms with E-state index in [2.05, 4.69) is 10.0 Å². The standard InChI is InChI=1S/C24H26N2O3S/c1-16-5-12-23(19(4)13-16)26-30(28,29)22-10-8-21(9-11-22)25-24(27)15-20-7-6-17(2)18(3)14-20/h5-14,26H,15H2,1-4H3,(H,25,27). The normalized spacial score (nSPS) is 11.2. The van der Waals surface area contributed by atoms with Gasteiger partial charge in [-0.05, 0) is 80.3 Å². The van der Waals surface area contributed by atoms with E-state index in [4.69, 9.17) is 0 Å². The fourth-order valence-corrected chi connectivity index (χ4v) is 4.28. The van der Waals surface area contributed by atoms with E-state index in [0.29, 0.717) is 11.4 Å². The van der Waals surface area contributed by atoms with Gasteiger partial charge in [0.05, 0.1) is 17.0 Å². The number of benzene rings is 3. The van der Waals surface area contributed by atoms with Gasteiger partial charge in [-0.3, -0.25) is 9.52 Å². The summed E-state index contributed by atoms with van der Waals surface area (Å²) >= 11 is 0. The monoisotopic (exact) mass is 422 g/mol. The second-order valence-corrected chi connectivity index (χ2v) is 9.27. The minimum absolute atomic E-state index is 0.134. The molecule has 30 heavy (non-hydrogen) atoms. The molecule has 1 amide bonds. The molecule has 5 nitrogen and oxygen atoms in total. The predicted molar refractivity (Wildman–Crippen MR) is 121 cm³/mol. The molecule has 0 atom stereocenters. The first-order valence-corrected chi connectivity index (χ1v) is 11.2. The SMILES string of the molecule is Cc1ccc(NS(=O)(=O)c2ccc(NC(=O)Cc3ccc(C)c(C)c3)cc2)c(C)c1. The summed E-state index contributed by atoms with van der Waals surface area (Å²) in [5.41, 5.74) is 6.29. The number of sulfonamides is 1. The maximum atomic E-state index is 12.7. The number of hydrogen-bond acceptors (Lipinski definition) is 3. The zero-order chi connectivity index (χ0) is 21.9. The third-order valence-corrected chi connectivity index (χ3v) is 6.39. The lowest BCUT2D eigenvalue weighted by Crippen LogP contribution is -2.16. The average Bonchev–Trinajstić information content (AvgIpc) is 2.67. The third kappa shape index (κ3) is 5.27. The van der Waals surface area contributed by atoms with E-state index in [1.54, 1.807) is 18.2 Å². The summed E-state index contributed by atoms with van der Waals surface area (Å²) < 4.78 is 28.0. The van der Waals surface area contributed by atoms with E-state index < -0.39 is 10.0 Å². The van der Waals surface area contributed by atoms with Crippen LogP contribution in [-0.2, 0) is 21.2 Å². The van der Waals surface area contributed by atoms with Crippen molar-refractivity contribution in [2.75, 3.05) is 10.0 Å². The van der Waals surface area contributed by atoms with Gasteiger partial charge in [-0.25, -0.2) is 8.42 Å². The molecule has 0 spiro atoms. The van der Waals surface area contributed by atoms with Crippen LogP contribution in [0.2, 0.25) is 0 Å². The molecule has 0 unspecified atom stereocenters. The molecule has 0 aliphatic rings. The van der Waals surface area contributed by atoms with Crippen molar-refractivity contribution in [3.8, 4) is 0 Å². The van der Waals surface area contributed by atoms with Gasteiger partial charge in [0.2, 0.25) is 5.91 Å². The molecule has 0 fully saturated rings. The molecule has 0 saturated carbocycles. The van der Waals surface area contributed by atoms with Crippen molar-refractivity contribution in [3.63, 3.8) is 0 Å². The van der Waals surface area contributed by atoms with Crippen molar-refractivity contribution in [1.29, 1.82) is 0 Å². The van der Waals surface area contributed by atoms with Crippen LogP contribution in [0, 0.1) is 27.7 Å². The lowest BCUT2D eigenvalue weighted by Gasteiger charge is -2.12. The van der Waals surface area contributed by atoms with E-state index in [1.165, 1.54) is 17.7 Å². The van der Waals surface area contributed by atoms with Crippen LogP contribution in [0.25, 0.3) is 0 Å². The van der Waals surface area contributed by atoms with Crippen molar-refractivity contribution in [2.45, 2.75) is 39.0 Å². The number of nitrogens with one attached hydrogen (secondary N) is 2. The smallest absolute Gasteiger partial charge is 0.261 e. The first-order valence-electron chi connectivity index (χ1n) is 9.70. The van der Waals surface area contributed by atoms with Gasteiger partial charge < -0.3 is 5.32 Å². The van der Waals surface area contributed by atoms with Crippen molar-refractivity contribution in [3.05, 3.63) is 88.5 Å². The van der Waals surface area contributed by atoms with Crippen LogP contribution in [-0.4, -0.2) is 14.3 Å². The molecule has 0 radical (unpaired) electrons. The zero-order valence-corrected chi connectivity index (χ0v) is 18.4. The van der Waals surface area contributed by atoms with Gasteiger partial charge in [-0.1, -0.05) is 35.9 Å². The summed E-state index contributed by atoms with van der Waals surface area (Å²) in [4.78, 5) is 12.5. The minimum Gasteiger partial charge on any atom is -0.326 e. The molecule has 3 rings (SSSR count). The number of aryl methyl sites for hydroxylation is 4. The Hall–Kier alpha value is -3.12. The Morgan fingerprint density at radius 1 is 0.800 bits per heavy atom. The third-order valence-electron chi connectivity index (χ3n) is 5.01. The highest BCUT2D eigenvalue weighted by Gasteiger charge is 2.15. The quantitative estimate of drug-likeness (QED) is 0.593. The maximum Gasteiger partial charge on any atom is 0.261 e. The highest BCUT2D eigenvalue weighted by Crippen LogP contribution is 2.22. The Labute approximate surface area is 178 Å². The molecular formula is C24H26N2O3S. The Morgan fingerprint density at radius 3 is 2.13 bits per heavy atom. The van der Waals surface area contributed by atoms with E-state index in [9.17, 15) is 13.2 Å². The summed E-state index contributed by atoms with van der Waals surface area (Å²) in [6.07, 6.45) is 0.259. The molecule has 0 aliphatic carbocycles. The Morgan fingerprint density at radius 2 is 1.50 bits per heavy atom. The minimum atomic E-state index is -3.71. The Bertz CT molecular complexity index is 1180. The largest absolute Gasteiger partial charge is 0.326 e. The topological polar surface area (TPSA) is 75.3 Å². The molecule has 3 aromatic carbocycles. The molecule has 6 heteroatoms. The summed E-state index contributed by atoms with van der Waals surface area (Å²) in [5.74, 6) is -0.151. The van der Waals surface area contributed by atoms with Crippen LogP contribution in [0.3, 0.4) is 0 Å². The Balaban J connectivity index is 1.67. The molecule has 0 bridgehead atoms. The average molecular weight is 423 g/mol. The number of carbonyl (C=O) groups is 1.